The average molecular weight is 479 g/mol. The third-order valence-electron chi connectivity index (χ3n) is 3.48. The quantitative estimate of drug-likeness (QED) is 0.532. The molecular formula is C16H18Cl3N2PdSi. The average Bonchev–Trinajstić information content (AvgIpc) is 2.44. The van der Waals surface area contributed by atoms with Gasteiger partial charge < -0.3 is 0 Å². The SMILES string of the molecule is CC(C)[Si](c1c(-c2ccc(Cl)cn2)ncc(Cl)c1Cl)C(C)C.[Pd]. The van der Waals surface area contributed by atoms with Gasteiger partial charge >= 0.3 is 0 Å². The molecule has 0 saturated carbocycles. The summed E-state index contributed by atoms with van der Waals surface area (Å²) >= 11 is 18.7. The predicted molar refractivity (Wildman–Crippen MR) is 98.1 cm³/mol. The standard InChI is InChI=1S/C16H18Cl3N2Si.Pd/c1-9(2)22(10(3)4)16-14(19)12(18)8-21-15(16)13-6-5-11(17)7-20-13;/h5-10H,1-4H3;. The molecule has 0 unspecified atom stereocenters. The van der Waals surface area contributed by atoms with Crippen LogP contribution in [0.1, 0.15) is 27.7 Å². The summed E-state index contributed by atoms with van der Waals surface area (Å²) < 4.78 is 0. The summed E-state index contributed by atoms with van der Waals surface area (Å²) in [4.78, 5) is 8.93. The van der Waals surface area contributed by atoms with E-state index in [2.05, 4.69) is 37.7 Å². The van der Waals surface area contributed by atoms with E-state index in [0.29, 0.717) is 26.2 Å². The van der Waals surface area contributed by atoms with Crippen molar-refractivity contribution in [2.75, 3.05) is 0 Å². The zero-order valence-electron chi connectivity index (χ0n) is 13.3. The van der Waals surface area contributed by atoms with E-state index in [4.69, 9.17) is 34.8 Å². The molecule has 23 heavy (non-hydrogen) atoms. The molecular weight excluding hydrogens is 461 g/mol. The number of hydrogen-bond acceptors (Lipinski definition) is 2. The van der Waals surface area contributed by atoms with Crippen molar-refractivity contribution in [2.24, 2.45) is 0 Å². The van der Waals surface area contributed by atoms with Gasteiger partial charge in [0.2, 0.25) is 0 Å². The number of pyridine rings is 2. The summed E-state index contributed by atoms with van der Waals surface area (Å²) in [6, 6.07) is 3.69. The Kier molecular flexibility index (Phi) is 8.20. The Hall–Kier alpha value is 0.0492. The summed E-state index contributed by atoms with van der Waals surface area (Å²) in [5.41, 5.74) is 2.62. The molecule has 2 nitrogen and oxygen atoms in total. The van der Waals surface area contributed by atoms with Crippen LogP contribution < -0.4 is 5.19 Å². The van der Waals surface area contributed by atoms with Crippen molar-refractivity contribution in [1.29, 1.82) is 0 Å². The summed E-state index contributed by atoms with van der Waals surface area (Å²) in [6.07, 6.45) is 3.22. The van der Waals surface area contributed by atoms with Crippen LogP contribution in [-0.2, 0) is 20.4 Å². The summed E-state index contributed by atoms with van der Waals surface area (Å²) in [6.45, 7) is 8.91. The Morgan fingerprint density at radius 3 is 2.00 bits per heavy atom. The Bertz CT molecular complexity index is 655. The van der Waals surface area contributed by atoms with Crippen molar-refractivity contribution in [3.8, 4) is 11.4 Å². The fourth-order valence-corrected chi connectivity index (χ4v) is 6.83. The molecule has 2 heterocycles. The summed E-state index contributed by atoms with van der Waals surface area (Å²) in [5, 5.41) is 2.78. The first-order chi connectivity index (χ1) is 10.3. The molecule has 2 aromatic rings. The van der Waals surface area contributed by atoms with Crippen LogP contribution >= 0.6 is 34.8 Å². The Morgan fingerprint density at radius 1 is 0.913 bits per heavy atom. The van der Waals surface area contributed by atoms with Gasteiger partial charge in [-0.05, 0) is 28.4 Å². The second-order valence-electron chi connectivity index (χ2n) is 5.77. The van der Waals surface area contributed by atoms with Crippen LogP contribution in [0.25, 0.3) is 11.4 Å². The fraction of sp³-hybridized carbons (Fsp3) is 0.375. The largest absolute Gasteiger partial charge is 0.253 e. The number of hydrogen-bond donors (Lipinski definition) is 0. The minimum atomic E-state index is -0.947. The van der Waals surface area contributed by atoms with Gasteiger partial charge in [0.05, 0.1) is 35.3 Å². The van der Waals surface area contributed by atoms with E-state index in [9.17, 15) is 0 Å². The molecule has 0 spiro atoms. The van der Waals surface area contributed by atoms with Gasteiger partial charge in [0.25, 0.3) is 0 Å². The molecule has 0 amide bonds. The first-order valence-electron chi connectivity index (χ1n) is 7.16. The van der Waals surface area contributed by atoms with Gasteiger partial charge in [0, 0.05) is 32.8 Å². The maximum Gasteiger partial charge on any atom is 0.0961 e. The molecule has 0 aromatic carbocycles. The molecule has 127 valence electrons. The van der Waals surface area contributed by atoms with Crippen molar-refractivity contribution < 1.29 is 20.4 Å². The van der Waals surface area contributed by atoms with E-state index < -0.39 is 8.80 Å². The van der Waals surface area contributed by atoms with E-state index in [-0.39, 0.29) is 20.4 Å². The van der Waals surface area contributed by atoms with Crippen LogP contribution in [0.5, 0.6) is 0 Å². The zero-order chi connectivity index (χ0) is 16.4. The van der Waals surface area contributed by atoms with Crippen LogP contribution in [0.4, 0.5) is 0 Å². The predicted octanol–water partition coefficient (Wildman–Crippen LogP) is 5.62. The van der Waals surface area contributed by atoms with E-state index in [1.54, 1.807) is 12.4 Å². The van der Waals surface area contributed by atoms with Crippen molar-refractivity contribution in [2.45, 2.75) is 38.8 Å². The van der Waals surface area contributed by atoms with Crippen LogP contribution in [-0.4, -0.2) is 18.8 Å². The third kappa shape index (κ3) is 4.78. The first kappa shape index (κ1) is 21.1. The molecule has 0 saturated heterocycles. The molecule has 0 aliphatic heterocycles. The fourth-order valence-electron chi connectivity index (χ4n) is 2.68. The minimum Gasteiger partial charge on any atom is -0.253 e. The minimum absolute atomic E-state index is 0. The molecule has 7 heteroatoms. The van der Waals surface area contributed by atoms with Crippen molar-refractivity contribution in [3.63, 3.8) is 0 Å². The van der Waals surface area contributed by atoms with E-state index >= 15 is 0 Å². The molecule has 0 aliphatic carbocycles. The van der Waals surface area contributed by atoms with Gasteiger partial charge in [-0.1, -0.05) is 62.5 Å². The molecule has 0 bridgehead atoms. The van der Waals surface area contributed by atoms with Crippen LogP contribution in [0.3, 0.4) is 0 Å². The maximum atomic E-state index is 6.56. The van der Waals surface area contributed by atoms with Gasteiger partial charge in [-0.15, -0.1) is 0 Å². The van der Waals surface area contributed by atoms with E-state index in [1.807, 2.05) is 12.1 Å². The van der Waals surface area contributed by atoms with Gasteiger partial charge in [-0.3, -0.25) is 9.97 Å². The zero-order valence-corrected chi connectivity index (χ0v) is 18.1. The van der Waals surface area contributed by atoms with E-state index in [1.165, 1.54) is 0 Å². The normalized spacial score (nSPS) is 11.2. The summed E-state index contributed by atoms with van der Waals surface area (Å²) in [5.74, 6) is 0. The van der Waals surface area contributed by atoms with Crippen LogP contribution in [0.2, 0.25) is 26.2 Å². The Morgan fingerprint density at radius 2 is 1.52 bits per heavy atom. The maximum absolute atomic E-state index is 6.56. The molecule has 0 aliphatic rings. The Balaban J connectivity index is 0.00000264. The third-order valence-corrected chi connectivity index (χ3v) is 8.19. The topological polar surface area (TPSA) is 25.8 Å². The van der Waals surface area contributed by atoms with Crippen LogP contribution in [0.15, 0.2) is 24.5 Å². The van der Waals surface area contributed by atoms with E-state index in [0.717, 1.165) is 16.6 Å². The number of halogens is 3. The second-order valence-corrected chi connectivity index (χ2v) is 10.7. The van der Waals surface area contributed by atoms with Gasteiger partial charge in [0.15, 0.2) is 0 Å². The molecule has 1 radical (unpaired) electrons. The Labute approximate surface area is 168 Å². The number of rotatable bonds is 4. The van der Waals surface area contributed by atoms with Crippen LogP contribution in [0, 0.1) is 0 Å². The van der Waals surface area contributed by atoms with Crippen molar-refractivity contribution in [3.05, 3.63) is 39.6 Å². The van der Waals surface area contributed by atoms with Crippen molar-refractivity contribution >= 4 is 48.8 Å². The molecule has 2 rings (SSSR count). The van der Waals surface area contributed by atoms with Gasteiger partial charge in [-0.2, -0.15) is 0 Å². The number of aromatic nitrogens is 2. The molecule has 0 N–H and O–H groups in total. The molecule has 2 aromatic heterocycles. The second kappa shape index (κ2) is 8.94. The molecule has 0 fully saturated rings. The van der Waals surface area contributed by atoms with Gasteiger partial charge in [0.1, 0.15) is 0 Å². The summed E-state index contributed by atoms with van der Waals surface area (Å²) in [7, 11) is -0.947. The number of nitrogens with zero attached hydrogens (tertiary/aromatic N) is 2. The first-order valence-corrected chi connectivity index (χ1v) is 9.94. The smallest absolute Gasteiger partial charge is 0.0961 e. The van der Waals surface area contributed by atoms with Crippen molar-refractivity contribution in [1.82, 2.24) is 9.97 Å². The molecule has 0 atom stereocenters. The monoisotopic (exact) mass is 477 g/mol. The van der Waals surface area contributed by atoms with Gasteiger partial charge in [-0.25, -0.2) is 0 Å².